The Morgan fingerprint density at radius 3 is 2.44 bits per heavy atom. The van der Waals surface area contributed by atoms with Crippen molar-refractivity contribution in [1.82, 2.24) is 0 Å². The van der Waals surface area contributed by atoms with Crippen molar-refractivity contribution in [3.8, 4) is 5.75 Å². The van der Waals surface area contributed by atoms with Crippen molar-refractivity contribution in [2.45, 2.75) is 44.6 Å². The first-order valence-corrected chi connectivity index (χ1v) is 6.38. The summed E-state index contributed by atoms with van der Waals surface area (Å²) in [6.45, 7) is 0. The zero-order valence-electron chi connectivity index (χ0n) is 9.38. The topological polar surface area (TPSA) is 32.3 Å². The maximum Gasteiger partial charge on any atom is 0.134 e. The van der Waals surface area contributed by atoms with E-state index >= 15 is 0 Å². The van der Waals surface area contributed by atoms with Crippen LogP contribution < -0.4 is 5.32 Å². The minimum atomic E-state index is 0.146. The highest BCUT2D eigenvalue weighted by atomic mass is 35.5. The van der Waals surface area contributed by atoms with Gasteiger partial charge < -0.3 is 10.4 Å². The Balaban J connectivity index is 1.99. The van der Waals surface area contributed by atoms with Crippen molar-refractivity contribution in [3.05, 3.63) is 23.2 Å². The van der Waals surface area contributed by atoms with Gasteiger partial charge in [-0.1, -0.05) is 37.3 Å². The molecule has 2 rings (SSSR count). The van der Waals surface area contributed by atoms with Crippen molar-refractivity contribution in [2.75, 3.05) is 5.32 Å². The van der Waals surface area contributed by atoms with Gasteiger partial charge in [0.1, 0.15) is 5.75 Å². The fourth-order valence-corrected chi connectivity index (χ4v) is 2.44. The van der Waals surface area contributed by atoms with Gasteiger partial charge in [0.05, 0.1) is 5.02 Å². The van der Waals surface area contributed by atoms with Crippen LogP contribution in [0.5, 0.6) is 5.75 Å². The zero-order valence-corrected chi connectivity index (χ0v) is 10.1. The molecule has 1 fully saturated rings. The molecule has 0 radical (unpaired) electrons. The molecule has 0 spiro atoms. The quantitative estimate of drug-likeness (QED) is 0.600. The van der Waals surface area contributed by atoms with Gasteiger partial charge in [-0.05, 0) is 31.0 Å². The van der Waals surface area contributed by atoms with Gasteiger partial charge in [-0.25, -0.2) is 0 Å². The Bertz CT molecular complexity index is 346. The maximum absolute atomic E-state index is 9.33. The minimum Gasteiger partial charge on any atom is -0.506 e. The van der Waals surface area contributed by atoms with Gasteiger partial charge in [0.2, 0.25) is 0 Å². The SMILES string of the molecule is Oc1ccc(NC2CCCCCC2)cc1Cl. The lowest BCUT2D eigenvalue weighted by atomic mass is 10.1. The molecule has 0 aromatic heterocycles. The normalized spacial score (nSPS) is 18.1. The molecule has 3 heteroatoms. The number of halogens is 1. The van der Waals surface area contributed by atoms with Crippen LogP contribution >= 0.6 is 11.6 Å². The van der Waals surface area contributed by atoms with Crippen LogP contribution in [0.15, 0.2) is 18.2 Å². The van der Waals surface area contributed by atoms with E-state index in [2.05, 4.69) is 5.32 Å². The summed E-state index contributed by atoms with van der Waals surface area (Å²) >= 11 is 5.87. The number of phenolic OH excluding ortho intramolecular Hbond substituents is 1. The van der Waals surface area contributed by atoms with Crippen molar-refractivity contribution < 1.29 is 5.11 Å². The van der Waals surface area contributed by atoms with Crippen molar-refractivity contribution in [2.24, 2.45) is 0 Å². The van der Waals surface area contributed by atoms with Gasteiger partial charge in [0.25, 0.3) is 0 Å². The van der Waals surface area contributed by atoms with Gasteiger partial charge >= 0.3 is 0 Å². The van der Waals surface area contributed by atoms with E-state index in [9.17, 15) is 5.11 Å². The number of phenols is 1. The molecule has 1 aliphatic rings. The average Bonchev–Trinajstić information content (AvgIpc) is 2.52. The molecule has 0 unspecified atom stereocenters. The van der Waals surface area contributed by atoms with Crippen LogP contribution in [0.1, 0.15) is 38.5 Å². The summed E-state index contributed by atoms with van der Waals surface area (Å²) in [5, 5.41) is 13.2. The summed E-state index contributed by atoms with van der Waals surface area (Å²) in [7, 11) is 0. The summed E-state index contributed by atoms with van der Waals surface area (Å²) in [6.07, 6.45) is 7.80. The Morgan fingerprint density at radius 2 is 1.81 bits per heavy atom. The molecule has 1 aromatic rings. The minimum absolute atomic E-state index is 0.146. The van der Waals surface area contributed by atoms with Crippen LogP contribution in [0, 0.1) is 0 Å². The van der Waals surface area contributed by atoms with Crippen LogP contribution in [0.2, 0.25) is 5.02 Å². The van der Waals surface area contributed by atoms with Crippen LogP contribution in [-0.2, 0) is 0 Å². The second-order valence-electron chi connectivity index (χ2n) is 4.50. The molecule has 0 saturated heterocycles. The van der Waals surface area contributed by atoms with E-state index in [-0.39, 0.29) is 5.75 Å². The van der Waals surface area contributed by atoms with Crippen molar-refractivity contribution in [1.29, 1.82) is 0 Å². The molecule has 88 valence electrons. The first kappa shape index (κ1) is 11.6. The van der Waals surface area contributed by atoms with E-state index in [1.54, 1.807) is 12.1 Å². The van der Waals surface area contributed by atoms with Gasteiger partial charge in [-0.15, -0.1) is 0 Å². The number of nitrogens with one attached hydrogen (secondary N) is 1. The maximum atomic E-state index is 9.33. The molecule has 2 nitrogen and oxygen atoms in total. The summed E-state index contributed by atoms with van der Waals surface area (Å²) in [5.41, 5.74) is 1.01. The highest BCUT2D eigenvalue weighted by Gasteiger charge is 2.12. The predicted octanol–water partition coefficient (Wildman–Crippen LogP) is 4.18. The standard InChI is InChI=1S/C13H18ClNO/c14-12-9-11(7-8-13(12)16)15-10-5-3-1-2-4-6-10/h7-10,15-16H,1-6H2. The van der Waals surface area contributed by atoms with Crippen molar-refractivity contribution in [3.63, 3.8) is 0 Å². The van der Waals surface area contributed by atoms with E-state index in [1.807, 2.05) is 6.07 Å². The molecule has 1 saturated carbocycles. The van der Waals surface area contributed by atoms with Crippen LogP contribution in [-0.4, -0.2) is 11.1 Å². The molecule has 0 heterocycles. The largest absolute Gasteiger partial charge is 0.506 e. The first-order chi connectivity index (χ1) is 7.75. The number of rotatable bonds is 2. The van der Waals surface area contributed by atoms with E-state index < -0.39 is 0 Å². The van der Waals surface area contributed by atoms with Gasteiger partial charge in [-0.2, -0.15) is 0 Å². The van der Waals surface area contributed by atoms with Crippen LogP contribution in [0.4, 0.5) is 5.69 Å². The van der Waals surface area contributed by atoms with E-state index in [1.165, 1.54) is 38.5 Å². The van der Waals surface area contributed by atoms with Gasteiger partial charge in [0.15, 0.2) is 0 Å². The Kier molecular flexibility index (Phi) is 3.94. The molecule has 0 bridgehead atoms. The highest BCUT2D eigenvalue weighted by Crippen LogP contribution is 2.28. The smallest absolute Gasteiger partial charge is 0.134 e. The molecule has 1 aliphatic carbocycles. The number of hydrogen-bond acceptors (Lipinski definition) is 2. The lowest BCUT2D eigenvalue weighted by molar-refractivity contribution is 0.475. The number of hydrogen-bond donors (Lipinski definition) is 2. The molecule has 16 heavy (non-hydrogen) atoms. The van der Waals surface area contributed by atoms with Gasteiger partial charge in [-0.3, -0.25) is 0 Å². The fourth-order valence-electron chi connectivity index (χ4n) is 2.26. The second kappa shape index (κ2) is 5.44. The monoisotopic (exact) mass is 239 g/mol. The summed E-state index contributed by atoms with van der Waals surface area (Å²) < 4.78 is 0. The Hall–Kier alpha value is -0.890. The predicted molar refractivity (Wildman–Crippen MR) is 68.2 cm³/mol. The summed E-state index contributed by atoms with van der Waals surface area (Å²) in [5.74, 6) is 0.146. The summed E-state index contributed by atoms with van der Waals surface area (Å²) in [4.78, 5) is 0. The number of aromatic hydroxyl groups is 1. The molecule has 0 atom stereocenters. The molecule has 2 N–H and O–H groups in total. The third-order valence-electron chi connectivity index (χ3n) is 3.17. The first-order valence-electron chi connectivity index (χ1n) is 6.01. The van der Waals surface area contributed by atoms with E-state index in [4.69, 9.17) is 11.6 Å². The fraction of sp³-hybridized carbons (Fsp3) is 0.538. The van der Waals surface area contributed by atoms with Crippen molar-refractivity contribution >= 4 is 17.3 Å². The molecule has 1 aromatic carbocycles. The lowest BCUT2D eigenvalue weighted by Gasteiger charge is -2.17. The van der Waals surface area contributed by atoms with Crippen LogP contribution in [0.25, 0.3) is 0 Å². The Labute approximate surface area is 102 Å². The third kappa shape index (κ3) is 3.05. The van der Waals surface area contributed by atoms with Gasteiger partial charge in [0, 0.05) is 11.7 Å². The molecular formula is C13H18ClNO. The van der Waals surface area contributed by atoms with E-state index in [0.29, 0.717) is 11.1 Å². The average molecular weight is 240 g/mol. The second-order valence-corrected chi connectivity index (χ2v) is 4.91. The summed E-state index contributed by atoms with van der Waals surface area (Å²) in [6, 6.07) is 5.87. The molecule has 0 aliphatic heterocycles. The molecular weight excluding hydrogens is 222 g/mol. The third-order valence-corrected chi connectivity index (χ3v) is 3.48. The Morgan fingerprint density at radius 1 is 1.12 bits per heavy atom. The lowest BCUT2D eigenvalue weighted by Crippen LogP contribution is -2.18. The highest BCUT2D eigenvalue weighted by molar-refractivity contribution is 6.32. The zero-order chi connectivity index (χ0) is 11.4. The van der Waals surface area contributed by atoms with Crippen LogP contribution in [0.3, 0.4) is 0 Å². The van der Waals surface area contributed by atoms with E-state index in [0.717, 1.165) is 5.69 Å². The number of anilines is 1. The molecule has 0 amide bonds. The number of benzene rings is 1.